The molecule has 2 aromatic carbocycles. The lowest BCUT2D eigenvalue weighted by Gasteiger charge is -2.35. The lowest BCUT2D eigenvalue weighted by atomic mass is 10.0. The van der Waals surface area contributed by atoms with Gasteiger partial charge in [0.05, 0.1) is 7.11 Å². The Morgan fingerprint density at radius 1 is 1.17 bits per heavy atom. The number of ketones is 1. The number of carbonyl (C=O) groups is 1. The highest BCUT2D eigenvalue weighted by atomic mass is 16.5. The fraction of sp³-hybridized carbons (Fsp3) is 0.316. The second-order valence-corrected chi connectivity index (χ2v) is 5.76. The monoisotopic (exact) mass is 310 g/mol. The van der Waals surface area contributed by atoms with Crippen LogP contribution < -0.4 is 10.1 Å². The minimum absolute atomic E-state index is 0.114. The van der Waals surface area contributed by atoms with Crippen LogP contribution in [0.5, 0.6) is 5.75 Å². The Hall–Kier alpha value is -2.17. The molecule has 1 saturated heterocycles. The van der Waals surface area contributed by atoms with Crippen molar-refractivity contribution in [2.75, 3.05) is 20.2 Å². The molecule has 0 spiro atoms. The molecule has 0 saturated carbocycles. The van der Waals surface area contributed by atoms with Gasteiger partial charge in [0.1, 0.15) is 11.9 Å². The Morgan fingerprint density at radius 2 is 1.91 bits per heavy atom. The predicted octanol–water partition coefficient (Wildman–Crippen LogP) is 2.70. The van der Waals surface area contributed by atoms with Crippen molar-refractivity contribution in [3.8, 4) is 5.75 Å². The van der Waals surface area contributed by atoms with E-state index in [9.17, 15) is 4.79 Å². The van der Waals surface area contributed by atoms with Gasteiger partial charge in [-0.2, -0.15) is 0 Å². The summed E-state index contributed by atoms with van der Waals surface area (Å²) < 4.78 is 5.16. The van der Waals surface area contributed by atoms with Gasteiger partial charge in [0.15, 0.2) is 5.78 Å². The molecule has 120 valence electrons. The number of carbonyl (C=O) groups excluding carboxylic acids is 1. The average molecular weight is 310 g/mol. The first-order valence-electron chi connectivity index (χ1n) is 7.97. The first kappa shape index (κ1) is 15.7. The number of hydrogen-bond donors (Lipinski definition) is 1. The van der Waals surface area contributed by atoms with Crippen LogP contribution in [-0.4, -0.2) is 37.0 Å². The van der Waals surface area contributed by atoms with Crippen molar-refractivity contribution in [1.82, 2.24) is 10.2 Å². The lowest BCUT2D eigenvalue weighted by Crippen LogP contribution is -2.55. The topological polar surface area (TPSA) is 41.6 Å². The second-order valence-electron chi connectivity index (χ2n) is 5.76. The minimum Gasteiger partial charge on any atom is -0.497 e. The number of Topliss-reactive ketones (excluding diaryl/α,β-unsaturated/α-hetero) is 1. The average Bonchev–Trinajstić information content (AvgIpc) is 2.62. The fourth-order valence-corrected chi connectivity index (χ4v) is 2.94. The molecule has 23 heavy (non-hydrogen) atoms. The molecular formula is C19H22N2O2. The maximum absolute atomic E-state index is 12.9. The van der Waals surface area contributed by atoms with Gasteiger partial charge in [-0.05, 0) is 42.8 Å². The van der Waals surface area contributed by atoms with Crippen molar-refractivity contribution in [1.29, 1.82) is 0 Å². The van der Waals surface area contributed by atoms with E-state index in [1.54, 1.807) is 7.11 Å². The summed E-state index contributed by atoms with van der Waals surface area (Å²) in [7, 11) is 1.63. The van der Waals surface area contributed by atoms with Crippen LogP contribution >= 0.6 is 0 Å². The summed E-state index contributed by atoms with van der Waals surface area (Å²) in [5.74, 6) is 0.877. The molecule has 0 bridgehead atoms. The van der Waals surface area contributed by atoms with Crippen molar-refractivity contribution in [3.63, 3.8) is 0 Å². The highest BCUT2D eigenvalue weighted by Crippen LogP contribution is 2.17. The minimum atomic E-state index is -0.266. The molecule has 1 atom stereocenters. The highest BCUT2D eigenvalue weighted by molar-refractivity contribution is 6.00. The second kappa shape index (κ2) is 7.40. The van der Waals surface area contributed by atoms with Crippen LogP contribution in [0, 0.1) is 0 Å². The van der Waals surface area contributed by atoms with Gasteiger partial charge in [-0.25, -0.2) is 0 Å². The number of benzene rings is 2. The van der Waals surface area contributed by atoms with Crippen molar-refractivity contribution in [2.24, 2.45) is 0 Å². The third kappa shape index (κ3) is 3.78. The molecule has 0 aliphatic carbocycles. The number of hydrogen-bond acceptors (Lipinski definition) is 4. The van der Waals surface area contributed by atoms with Gasteiger partial charge in [-0.1, -0.05) is 30.3 Å². The van der Waals surface area contributed by atoms with Crippen LogP contribution in [0.4, 0.5) is 0 Å². The van der Waals surface area contributed by atoms with E-state index < -0.39 is 0 Å². The van der Waals surface area contributed by atoms with E-state index in [4.69, 9.17) is 4.74 Å². The molecule has 2 aromatic rings. The standard InChI is InChI=1S/C19H22N2O2/c1-23-17-10-8-16(9-11-17)18(22)19-20-12-5-13-21(19)14-15-6-3-2-4-7-15/h2-4,6-11,19-20H,5,12-14H2,1H3. The molecule has 1 aliphatic rings. The van der Waals surface area contributed by atoms with Crippen molar-refractivity contribution in [2.45, 2.75) is 19.1 Å². The third-order valence-corrected chi connectivity index (χ3v) is 4.18. The zero-order chi connectivity index (χ0) is 16.1. The summed E-state index contributed by atoms with van der Waals surface area (Å²) in [6.45, 7) is 2.58. The fourth-order valence-electron chi connectivity index (χ4n) is 2.94. The van der Waals surface area contributed by atoms with E-state index in [0.29, 0.717) is 5.56 Å². The van der Waals surface area contributed by atoms with Crippen molar-refractivity contribution >= 4 is 5.78 Å². The van der Waals surface area contributed by atoms with Crippen molar-refractivity contribution in [3.05, 3.63) is 65.7 Å². The Bertz CT molecular complexity index is 640. The molecule has 4 nitrogen and oxygen atoms in total. The van der Waals surface area contributed by atoms with Crippen LogP contribution in [0.3, 0.4) is 0 Å². The number of nitrogens with one attached hydrogen (secondary N) is 1. The van der Waals surface area contributed by atoms with Gasteiger partial charge in [0.2, 0.25) is 0 Å². The van der Waals surface area contributed by atoms with E-state index >= 15 is 0 Å². The molecule has 1 fully saturated rings. The van der Waals surface area contributed by atoms with Crippen LogP contribution in [0.25, 0.3) is 0 Å². The third-order valence-electron chi connectivity index (χ3n) is 4.18. The summed E-state index contributed by atoms with van der Waals surface area (Å²) in [6.07, 6.45) is 0.788. The molecule has 0 aromatic heterocycles. The van der Waals surface area contributed by atoms with E-state index in [2.05, 4.69) is 22.3 Å². The molecule has 1 unspecified atom stereocenters. The summed E-state index contributed by atoms with van der Waals surface area (Å²) >= 11 is 0. The van der Waals surface area contributed by atoms with E-state index in [1.807, 2.05) is 42.5 Å². The predicted molar refractivity (Wildman–Crippen MR) is 90.6 cm³/mol. The van der Waals surface area contributed by atoms with Gasteiger partial charge >= 0.3 is 0 Å². The maximum atomic E-state index is 12.9. The highest BCUT2D eigenvalue weighted by Gasteiger charge is 2.29. The largest absolute Gasteiger partial charge is 0.497 e. The van der Waals surface area contributed by atoms with E-state index in [-0.39, 0.29) is 11.9 Å². The zero-order valence-electron chi connectivity index (χ0n) is 13.4. The van der Waals surface area contributed by atoms with Crippen LogP contribution in [-0.2, 0) is 6.54 Å². The molecule has 0 radical (unpaired) electrons. The summed E-state index contributed by atoms with van der Waals surface area (Å²) in [6, 6.07) is 17.6. The van der Waals surface area contributed by atoms with Crippen molar-refractivity contribution < 1.29 is 9.53 Å². The maximum Gasteiger partial charge on any atom is 0.194 e. The Morgan fingerprint density at radius 3 is 2.61 bits per heavy atom. The van der Waals surface area contributed by atoms with Gasteiger partial charge in [-0.3, -0.25) is 15.0 Å². The quantitative estimate of drug-likeness (QED) is 0.862. The smallest absolute Gasteiger partial charge is 0.194 e. The molecule has 1 heterocycles. The summed E-state index contributed by atoms with van der Waals surface area (Å²) in [5.41, 5.74) is 1.94. The number of ether oxygens (including phenoxy) is 1. The molecule has 1 aliphatic heterocycles. The van der Waals surface area contributed by atoms with Gasteiger partial charge in [0.25, 0.3) is 0 Å². The first-order chi connectivity index (χ1) is 11.3. The normalized spacial score (nSPS) is 18.6. The van der Waals surface area contributed by atoms with Gasteiger partial charge in [-0.15, -0.1) is 0 Å². The molecule has 0 amide bonds. The van der Waals surface area contributed by atoms with E-state index in [0.717, 1.165) is 31.8 Å². The summed E-state index contributed by atoms with van der Waals surface area (Å²) in [5, 5.41) is 3.36. The molecular weight excluding hydrogens is 288 g/mol. The molecule has 4 heteroatoms. The zero-order valence-corrected chi connectivity index (χ0v) is 13.4. The van der Waals surface area contributed by atoms with Crippen LogP contribution in [0.1, 0.15) is 22.3 Å². The first-order valence-corrected chi connectivity index (χ1v) is 7.97. The molecule has 3 rings (SSSR count). The summed E-state index contributed by atoms with van der Waals surface area (Å²) in [4.78, 5) is 15.1. The lowest BCUT2D eigenvalue weighted by molar-refractivity contribution is 0.0681. The van der Waals surface area contributed by atoms with Crippen LogP contribution in [0.2, 0.25) is 0 Å². The number of rotatable bonds is 5. The molecule has 1 N–H and O–H groups in total. The number of nitrogens with zero attached hydrogens (tertiary/aromatic N) is 1. The number of methoxy groups -OCH3 is 1. The van der Waals surface area contributed by atoms with Gasteiger partial charge < -0.3 is 4.74 Å². The Kier molecular flexibility index (Phi) is 5.05. The Balaban J connectivity index is 1.75. The SMILES string of the molecule is COc1ccc(C(=O)C2NCCCN2Cc2ccccc2)cc1. The van der Waals surface area contributed by atoms with Crippen LogP contribution in [0.15, 0.2) is 54.6 Å². The Labute approximate surface area is 137 Å². The van der Waals surface area contributed by atoms with E-state index in [1.165, 1.54) is 5.56 Å². The van der Waals surface area contributed by atoms with Gasteiger partial charge in [0, 0.05) is 18.7 Å².